The fourth-order valence-corrected chi connectivity index (χ4v) is 4.52. The van der Waals surface area contributed by atoms with Gasteiger partial charge in [0, 0.05) is 39.7 Å². The first-order valence-corrected chi connectivity index (χ1v) is 11.2. The molecule has 1 aromatic heterocycles. The van der Waals surface area contributed by atoms with E-state index in [9.17, 15) is 17.4 Å². The number of nitrogens with zero attached hydrogens (tertiary/aromatic N) is 1. The first kappa shape index (κ1) is 20.0. The summed E-state index contributed by atoms with van der Waals surface area (Å²) in [5, 5.41) is -0.193. The summed E-state index contributed by atoms with van der Waals surface area (Å²) in [6.07, 6.45) is 1.46. The Balaban J connectivity index is 2.17. The molecule has 0 bridgehead atoms. The lowest BCUT2D eigenvalue weighted by molar-refractivity contribution is 0.343. The molecular weight excluding hydrogens is 402 g/mol. The van der Waals surface area contributed by atoms with Gasteiger partial charge in [-0.3, -0.25) is 8.39 Å². The molecule has 1 unspecified atom stereocenters. The second kappa shape index (κ2) is 8.11. The molecular formula is C19H15NO6S2. The molecule has 0 saturated carbocycles. The van der Waals surface area contributed by atoms with Crippen LogP contribution in [0, 0.1) is 18.4 Å². The summed E-state index contributed by atoms with van der Waals surface area (Å²) in [4.78, 5) is 15.2. The van der Waals surface area contributed by atoms with E-state index in [-0.39, 0.29) is 17.8 Å². The van der Waals surface area contributed by atoms with Crippen molar-refractivity contribution in [3.63, 3.8) is 0 Å². The van der Waals surface area contributed by atoms with Crippen molar-refractivity contribution in [2.75, 3.05) is 12.4 Å². The van der Waals surface area contributed by atoms with Crippen molar-refractivity contribution < 1.29 is 21.2 Å². The Labute approximate surface area is 164 Å². The smallest absolute Gasteiger partial charge is 0.342 e. The van der Waals surface area contributed by atoms with Gasteiger partial charge in [0.15, 0.2) is 0 Å². The predicted octanol–water partition coefficient (Wildman–Crippen LogP) is 2.38. The van der Waals surface area contributed by atoms with Crippen LogP contribution in [-0.2, 0) is 30.9 Å². The molecule has 0 fully saturated rings. The molecule has 1 atom stereocenters. The van der Waals surface area contributed by atoms with Gasteiger partial charge >= 0.3 is 20.8 Å². The quantitative estimate of drug-likeness (QED) is 0.328. The molecule has 3 rings (SSSR count). The molecule has 2 heterocycles. The van der Waals surface area contributed by atoms with Gasteiger partial charge in [0.05, 0.1) is 18.7 Å². The highest BCUT2D eigenvalue weighted by molar-refractivity contribution is 7.91. The molecule has 1 aliphatic rings. The van der Waals surface area contributed by atoms with Crippen molar-refractivity contribution in [3.05, 3.63) is 61.8 Å². The maximum Gasteiger partial charge on any atom is 0.342 e. The van der Waals surface area contributed by atoms with Crippen molar-refractivity contribution in [1.29, 1.82) is 0 Å². The van der Waals surface area contributed by atoms with E-state index in [0.717, 1.165) is 11.6 Å². The average Bonchev–Trinajstić information content (AvgIpc) is 2.62. The standard InChI is InChI=1S/C19H15NO6S2/c1-3-25-28(23,24)18(20-2)11-15-8-14-9-16-12-27(22)7-5-4-6-13(16)10-17(14)26-19(15)21/h8-11H,3,5,7,12H2,1H3. The van der Waals surface area contributed by atoms with Gasteiger partial charge in [-0.1, -0.05) is 11.8 Å². The van der Waals surface area contributed by atoms with Crippen molar-refractivity contribution in [2.45, 2.75) is 19.1 Å². The van der Waals surface area contributed by atoms with Crippen LogP contribution in [0.25, 0.3) is 21.9 Å². The van der Waals surface area contributed by atoms with Gasteiger partial charge in [0.1, 0.15) is 5.58 Å². The highest BCUT2D eigenvalue weighted by Crippen LogP contribution is 2.23. The zero-order chi connectivity index (χ0) is 20.3. The van der Waals surface area contributed by atoms with Crippen LogP contribution in [0.2, 0.25) is 0 Å². The van der Waals surface area contributed by atoms with E-state index in [0.29, 0.717) is 28.9 Å². The van der Waals surface area contributed by atoms with Gasteiger partial charge < -0.3 is 4.42 Å². The highest BCUT2D eigenvalue weighted by atomic mass is 32.2. The summed E-state index contributed by atoms with van der Waals surface area (Å²) in [7, 11) is -5.30. The summed E-state index contributed by atoms with van der Waals surface area (Å²) in [6.45, 7) is 8.43. The molecule has 0 amide bonds. The van der Waals surface area contributed by atoms with Crippen molar-refractivity contribution in [2.24, 2.45) is 0 Å². The normalized spacial score (nSPS) is 17.0. The van der Waals surface area contributed by atoms with E-state index in [1.807, 2.05) is 0 Å². The van der Waals surface area contributed by atoms with E-state index in [1.165, 1.54) is 13.0 Å². The van der Waals surface area contributed by atoms with Gasteiger partial charge in [-0.2, -0.15) is 0 Å². The topological polar surface area (TPSA) is 95.0 Å². The minimum Gasteiger partial charge on any atom is -0.422 e. The van der Waals surface area contributed by atoms with Crippen LogP contribution in [0.15, 0.2) is 32.4 Å². The van der Waals surface area contributed by atoms with Crippen LogP contribution >= 0.6 is 0 Å². The van der Waals surface area contributed by atoms with Crippen LogP contribution in [0.3, 0.4) is 0 Å². The van der Waals surface area contributed by atoms with Crippen LogP contribution in [0.5, 0.6) is 0 Å². The number of hydrogen-bond acceptors (Lipinski definition) is 6. The second-order valence-corrected chi connectivity index (χ2v) is 8.97. The Kier molecular flexibility index (Phi) is 5.80. The second-order valence-electron chi connectivity index (χ2n) is 5.83. The highest BCUT2D eigenvalue weighted by Gasteiger charge is 2.20. The zero-order valence-corrected chi connectivity index (χ0v) is 16.5. The number of fused-ring (bicyclic) bond motifs is 2. The minimum absolute atomic E-state index is 0.0974. The molecule has 1 aromatic carbocycles. The SMILES string of the molecule is [C-]#[N+]C(=Cc1cc2cc3c(cc2oc1=O)C#CCCS(=O)C3)S(=O)(=O)OCC. The molecule has 28 heavy (non-hydrogen) atoms. The Morgan fingerprint density at radius 3 is 2.93 bits per heavy atom. The molecule has 0 radical (unpaired) electrons. The minimum atomic E-state index is -4.25. The molecule has 7 nitrogen and oxygen atoms in total. The van der Waals surface area contributed by atoms with Crippen molar-refractivity contribution in [1.82, 2.24) is 0 Å². The maximum atomic E-state index is 12.3. The molecule has 0 saturated heterocycles. The van der Waals surface area contributed by atoms with Gasteiger partial charge in [-0.05, 0) is 36.8 Å². The first-order chi connectivity index (χ1) is 13.3. The van der Waals surface area contributed by atoms with Crippen molar-refractivity contribution >= 4 is 38.0 Å². The van der Waals surface area contributed by atoms with Gasteiger partial charge in [-0.25, -0.2) is 18.1 Å². The summed E-state index contributed by atoms with van der Waals surface area (Å²) < 4.78 is 45.9. The fourth-order valence-electron chi connectivity index (χ4n) is 2.64. The molecule has 0 spiro atoms. The lowest BCUT2D eigenvalue weighted by Gasteiger charge is -2.09. The molecule has 2 aromatic rings. The number of hydrogen-bond donors (Lipinski definition) is 0. The lowest BCUT2D eigenvalue weighted by atomic mass is 10.0. The van der Waals surface area contributed by atoms with E-state index < -0.39 is 31.6 Å². The van der Waals surface area contributed by atoms with E-state index in [4.69, 9.17) is 11.0 Å². The van der Waals surface area contributed by atoms with Crippen LogP contribution < -0.4 is 5.63 Å². The average molecular weight is 417 g/mol. The lowest BCUT2D eigenvalue weighted by Crippen LogP contribution is -2.09. The maximum absolute atomic E-state index is 12.3. The van der Waals surface area contributed by atoms with Crippen molar-refractivity contribution in [3.8, 4) is 11.8 Å². The van der Waals surface area contributed by atoms with Gasteiger partial charge in [-0.15, -0.1) is 0 Å². The van der Waals surface area contributed by atoms with Crippen LogP contribution in [0.1, 0.15) is 30.0 Å². The van der Waals surface area contributed by atoms with Gasteiger partial charge in [0.2, 0.25) is 0 Å². The third-order valence-corrected chi connectivity index (χ3v) is 6.46. The molecule has 0 N–H and O–H groups in total. The molecule has 1 aliphatic heterocycles. The van der Waals surface area contributed by atoms with Gasteiger partial charge in [0.25, 0.3) is 0 Å². The summed E-state index contributed by atoms with van der Waals surface area (Å²) in [5.41, 5.74) is 0.794. The fraction of sp³-hybridized carbons (Fsp3) is 0.263. The summed E-state index contributed by atoms with van der Waals surface area (Å²) in [5.74, 6) is 6.76. The van der Waals surface area contributed by atoms with Crippen LogP contribution in [-0.4, -0.2) is 25.0 Å². The van der Waals surface area contributed by atoms with E-state index in [2.05, 4.69) is 20.9 Å². The Hall–Kier alpha value is -2.72. The Bertz CT molecular complexity index is 1270. The predicted molar refractivity (Wildman–Crippen MR) is 106 cm³/mol. The van der Waals surface area contributed by atoms with Crippen LogP contribution in [0.4, 0.5) is 0 Å². The first-order valence-electron chi connectivity index (χ1n) is 8.27. The largest absolute Gasteiger partial charge is 0.422 e. The Morgan fingerprint density at radius 2 is 2.21 bits per heavy atom. The number of rotatable bonds is 4. The third-order valence-electron chi connectivity index (χ3n) is 3.90. The summed E-state index contributed by atoms with van der Waals surface area (Å²) >= 11 is 0. The number of benzene rings is 1. The monoisotopic (exact) mass is 417 g/mol. The zero-order valence-electron chi connectivity index (χ0n) is 14.9. The Morgan fingerprint density at radius 1 is 1.43 bits per heavy atom. The molecule has 9 heteroatoms. The summed E-state index contributed by atoms with van der Waals surface area (Å²) in [6, 6.07) is 4.77. The molecule has 0 aliphatic carbocycles. The van der Waals surface area contributed by atoms with E-state index in [1.54, 1.807) is 12.1 Å². The van der Waals surface area contributed by atoms with E-state index >= 15 is 0 Å². The molecule has 144 valence electrons. The third kappa shape index (κ3) is 4.23.